The van der Waals surface area contributed by atoms with Crippen LogP contribution in [-0.4, -0.2) is 36.8 Å². The summed E-state index contributed by atoms with van der Waals surface area (Å²) in [6.45, 7) is 2.27. The molecule has 1 unspecified atom stereocenters. The number of pyridine rings is 1. The molecule has 15 heavy (non-hydrogen) atoms. The maximum Gasteiger partial charge on any atom is 0.127 e. The summed E-state index contributed by atoms with van der Waals surface area (Å²) in [5, 5.41) is 12.1. The largest absolute Gasteiger partial charge is 0.396 e. The lowest BCUT2D eigenvalue weighted by molar-refractivity contribution is 0.238. The van der Waals surface area contributed by atoms with Crippen LogP contribution < -0.4 is 10.2 Å². The fraction of sp³-hybridized carbons (Fsp3) is 0.545. The average Bonchev–Trinajstić information content (AvgIpc) is 2.78. The van der Waals surface area contributed by atoms with Gasteiger partial charge in [-0.25, -0.2) is 4.98 Å². The summed E-state index contributed by atoms with van der Waals surface area (Å²) in [7, 11) is 1.87. The lowest BCUT2D eigenvalue weighted by atomic mass is 10.1. The van der Waals surface area contributed by atoms with Crippen molar-refractivity contribution < 1.29 is 5.11 Å². The first-order chi connectivity index (χ1) is 7.33. The molecule has 2 rings (SSSR count). The van der Waals surface area contributed by atoms with Gasteiger partial charge in [-0.05, 0) is 12.5 Å². The Balaban J connectivity index is 2.09. The van der Waals surface area contributed by atoms with E-state index in [2.05, 4.69) is 15.2 Å². The van der Waals surface area contributed by atoms with Crippen LogP contribution in [-0.2, 0) is 0 Å². The number of nitrogens with zero attached hydrogens (tertiary/aromatic N) is 2. The maximum absolute atomic E-state index is 9.08. The van der Waals surface area contributed by atoms with E-state index in [0.29, 0.717) is 12.5 Å². The molecule has 1 fully saturated rings. The summed E-state index contributed by atoms with van der Waals surface area (Å²) in [4.78, 5) is 6.48. The summed E-state index contributed by atoms with van der Waals surface area (Å²) in [6.07, 6.45) is 2.89. The van der Waals surface area contributed by atoms with Crippen molar-refractivity contribution >= 4 is 11.5 Å². The molecular weight excluding hydrogens is 190 g/mol. The molecule has 1 aliphatic heterocycles. The minimum Gasteiger partial charge on any atom is -0.396 e. The molecule has 1 saturated heterocycles. The van der Waals surface area contributed by atoms with Gasteiger partial charge < -0.3 is 15.3 Å². The second-order valence-electron chi connectivity index (χ2n) is 3.93. The van der Waals surface area contributed by atoms with E-state index in [1.807, 2.05) is 25.4 Å². The highest BCUT2D eigenvalue weighted by Gasteiger charge is 2.21. The Morgan fingerprint density at radius 2 is 2.53 bits per heavy atom. The number of hydrogen-bond acceptors (Lipinski definition) is 4. The zero-order chi connectivity index (χ0) is 10.7. The SMILES string of the molecule is CNc1cc(N2CCC(CO)C2)ccn1. The monoisotopic (exact) mass is 207 g/mol. The standard InChI is InChI=1S/C11H17N3O/c1-12-11-6-10(2-4-13-11)14-5-3-9(7-14)8-15/h2,4,6,9,15H,3,5,7-8H2,1H3,(H,12,13). The summed E-state index contributed by atoms with van der Waals surface area (Å²) in [5.74, 6) is 1.32. The van der Waals surface area contributed by atoms with Crippen LogP contribution in [0.3, 0.4) is 0 Å². The van der Waals surface area contributed by atoms with Crippen molar-refractivity contribution in [3.63, 3.8) is 0 Å². The van der Waals surface area contributed by atoms with Gasteiger partial charge in [0.15, 0.2) is 0 Å². The van der Waals surface area contributed by atoms with Crippen molar-refractivity contribution in [2.75, 3.05) is 37.0 Å². The normalized spacial score (nSPS) is 20.7. The Morgan fingerprint density at radius 3 is 3.20 bits per heavy atom. The van der Waals surface area contributed by atoms with Gasteiger partial charge in [0.05, 0.1) is 0 Å². The third-order valence-electron chi connectivity index (χ3n) is 2.91. The summed E-state index contributed by atoms with van der Waals surface area (Å²) in [6, 6.07) is 4.06. The van der Waals surface area contributed by atoms with E-state index in [0.717, 1.165) is 25.3 Å². The van der Waals surface area contributed by atoms with E-state index < -0.39 is 0 Å². The van der Waals surface area contributed by atoms with Crippen molar-refractivity contribution in [3.05, 3.63) is 18.3 Å². The van der Waals surface area contributed by atoms with Crippen LogP contribution in [0.4, 0.5) is 11.5 Å². The quantitative estimate of drug-likeness (QED) is 0.774. The Morgan fingerprint density at radius 1 is 1.67 bits per heavy atom. The molecule has 82 valence electrons. The molecule has 2 heterocycles. The van der Waals surface area contributed by atoms with Gasteiger partial charge in [0.25, 0.3) is 0 Å². The van der Waals surface area contributed by atoms with E-state index in [1.54, 1.807) is 0 Å². The third-order valence-corrected chi connectivity index (χ3v) is 2.91. The van der Waals surface area contributed by atoms with Crippen LogP contribution in [0.5, 0.6) is 0 Å². The van der Waals surface area contributed by atoms with Crippen LogP contribution in [0.2, 0.25) is 0 Å². The number of anilines is 2. The molecule has 0 radical (unpaired) electrons. The summed E-state index contributed by atoms with van der Waals surface area (Å²) in [5.41, 5.74) is 1.19. The fourth-order valence-electron chi connectivity index (χ4n) is 1.97. The van der Waals surface area contributed by atoms with Crippen LogP contribution >= 0.6 is 0 Å². The number of rotatable bonds is 3. The molecule has 2 N–H and O–H groups in total. The zero-order valence-corrected chi connectivity index (χ0v) is 8.98. The van der Waals surface area contributed by atoms with Crippen molar-refractivity contribution in [2.45, 2.75) is 6.42 Å². The van der Waals surface area contributed by atoms with Gasteiger partial charge in [-0.1, -0.05) is 0 Å². The number of aliphatic hydroxyl groups is 1. The van der Waals surface area contributed by atoms with Gasteiger partial charge in [0.1, 0.15) is 5.82 Å². The number of aromatic nitrogens is 1. The van der Waals surface area contributed by atoms with Crippen LogP contribution in [0.25, 0.3) is 0 Å². The van der Waals surface area contributed by atoms with Gasteiger partial charge in [-0.2, -0.15) is 0 Å². The summed E-state index contributed by atoms with van der Waals surface area (Å²) >= 11 is 0. The highest BCUT2D eigenvalue weighted by molar-refractivity contribution is 5.54. The predicted molar refractivity (Wildman–Crippen MR) is 61.2 cm³/mol. The van der Waals surface area contributed by atoms with E-state index >= 15 is 0 Å². The van der Waals surface area contributed by atoms with Crippen LogP contribution in [0.15, 0.2) is 18.3 Å². The first-order valence-corrected chi connectivity index (χ1v) is 5.33. The first kappa shape index (κ1) is 10.2. The number of nitrogens with one attached hydrogen (secondary N) is 1. The first-order valence-electron chi connectivity index (χ1n) is 5.33. The zero-order valence-electron chi connectivity index (χ0n) is 8.98. The molecule has 0 bridgehead atoms. The smallest absolute Gasteiger partial charge is 0.127 e. The van der Waals surface area contributed by atoms with E-state index in [-0.39, 0.29) is 0 Å². The lowest BCUT2D eigenvalue weighted by Crippen LogP contribution is -2.20. The number of aliphatic hydroxyl groups excluding tert-OH is 1. The molecule has 0 saturated carbocycles. The fourth-order valence-corrected chi connectivity index (χ4v) is 1.97. The van der Waals surface area contributed by atoms with Crippen LogP contribution in [0, 0.1) is 5.92 Å². The topological polar surface area (TPSA) is 48.4 Å². The van der Waals surface area contributed by atoms with E-state index in [9.17, 15) is 0 Å². The van der Waals surface area contributed by atoms with E-state index in [1.165, 1.54) is 5.69 Å². The molecule has 0 aromatic carbocycles. The van der Waals surface area contributed by atoms with Crippen molar-refractivity contribution in [2.24, 2.45) is 5.92 Å². The van der Waals surface area contributed by atoms with Gasteiger partial charge in [0, 0.05) is 50.6 Å². The van der Waals surface area contributed by atoms with Crippen molar-refractivity contribution in [3.8, 4) is 0 Å². The maximum atomic E-state index is 9.08. The Hall–Kier alpha value is -1.29. The molecule has 1 aromatic rings. The van der Waals surface area contributed by atoms with Crippen molar-refractivity contribution in [1.82, 2.24) is 4.98 Å². The molecule has 4 nitrogen and oxygen atoms in total. The lowest BCUT2D eigenvalue weighted by Gasteiger charge is -2.18. The Kier molecular flexibility index (Phi) is 3.06. The van der Waals surface area contributed by atoms with Crippen LogP contribution in [0.1, 0.15) is 6.42 Å². The minimum absolute atomic E-state index is 0.292. The molecule has 1 aliphatic rings. The molecule has 0 amide bonds. The molecule has 4 heteroatoms. The molecule has 0 aliphatic carbocycles. The third kappa shape index (κ3) is 2.21. The molecular formula is C11H17N3O. The summed E-state index contributed by atoms with van der Waals surface area (Å²) < 4.78 is 0. The van der Waals surface area contributed by atoms with Crippen molar-refractivity contribution in [1.29, 1.82) is 0 Å². The Bertz CT molecular complexity index is 329. The molecule has 1 atom stereocenters. The Labute approximate surface area is 89.9 Å². The second kappa shape index (κ2) is 4.49. The molecule has 1 aromatic heterocycles. The molecule has 0 spiro atoms. The number of hydrogen-bond donors (Lipinski definition) is 2. The van der Waals surface area contributed by atoms with Gasteiger partial charge in [-0.15, -0.1) is 0 Å². The van der Waals surface area contributed by atoms with Gasteiger partial charge in [0.2, 0.25) is 0 Å². The predicted octanol–water partition coefficient (Wildman–Crippen LogP) is 0.942. The van der Waals surface area contributed by atoms with Gasteiger partial charge >= 0.3 is 0 Å². The highest BCUT2D eigenvalue weighted by Crippen LogP contribution is 2.24. The van der Waals surface area contributed by atoms with E-state index in [4.69, 9.17) is 5.11 Å². The average molecular weight is 207 g/mol. The second-order valence-corrected chi connectivity index (χ2v) is 3.93. The highest BCUT2D eigenvalue weighted by atomic mass is 16.3. The van der Waals surface area contributed by atoms with Gasteiger partial charge in [-0.3, -0.25) is 0 Å². The minimum atomic E-state index is 0.292.